The van der Waals surface area contributed by atoms with Gasteiger partial charge in [0, 0.05) is 11.0 Å². The molecule has 0 aliphatic heterocycles. The van der Waals surface area contributed by atoms with Crippen LogP contribution in [0.5, 0.6) is 0 Å². The van der Waals surface area contributed by atoms with E-state index in [2.05, 4.69) is 78.4 Å². The summed E-state index contributed by atoms with van der Waals surface area (Å²) in [5.74, 6) is 0. The first-order chi connectivity index (χ1) is 8.56. The molecule has 0 radical (unpaired) electrons. The van der Waals surface area contributed by atoms with Crippen molar-refractivity contribution in [3.63, 3.8) is 0 Å². The molecule has 0 unspecified atom stereocenters. The standard InChI is InChI=1S/C16H18BrN/c1-11-4-6-14(7-5-11)10-18-16-13(3)8-12(2)9-15(16)17/h4-9,18H,10H2,1-3H3. The fourth-order valence-electron chi connectivity index (χ4n) is 2.04. The lowest BCUT2D eigenvalue weighted by Gasteiger charge is -2.13. The van der Waals surface area contributed by atoms with Crippen molar-refractivity contribution in [2.24, 2.45) is 0 Å². The monoisotopic (exact) mass is 303 g/mol. The summed E-state index contributed by atoms with van der Waals surface area (Å²) in [6.45, 7) is 7.21. The largest absolute Gasteiger partial charge is 0.380 e. The predicted octanol–water partition coefficient (Wildman–Crippen LogP) is 4.99. The van der Waals surface area contributed by atoms with Crippen LogP contribution in [0, 0.1) is 20.8 Å². The van der Waals surface area contributed by atoms with E-state index >= 15 is 0 Å². The number of aryl methyl sites for hydroxylation is 3. The van der Waals surface area contributed by atoms with Gasteiger partial charge in [-0.1, -0.05) is 35.9 Å². The molecule has 94 valence electrons. The molecule has 2 heteroatoms. The van der Waals surface area contributed by atoms with Crippen molar-refractivity contribution in [1.29, 1.82) is 0 Å². The molecule has 2 rings (SSSR count). The van der Waals surface area contributed by atoms with Crippen molar-refractivity contribution in [2.45, 2.75) is 27.3 Å². The Kier molecular flexibility index (Phi) is 4.07. The molecule has 0 fully saturated rings. The Morgan fingerprint density at radius 1 is 0.944 bits per heavy atom. The van der Waals surface area contributed by atoms with E-state index in [1.54, 1.807) is 0 Å². The molecular weight excluding hydrogens is 286 g/mol. The Morgan fingerprint density at radius 3 is 2.22 bits per heavy atom. The van der Waals surface area contributed by atoms with Crippen LogP contribution in [-0.4, -0.2) is 0 Å². The fourth-order valence-corrected chi connectivity index (χ4v) is 2.85. The lowest BCUT2D eigenvalue weighted by Crippen LogP contribution is -2.02. The van der Waals surface area contributed by atoms with Gasteiger partial charge in [-0.3, -0.25) is 0 Å². The SMILES string of the molecule is Cc1ccc(CNc2c(C)cc(C)cc2Br)cc1. The molecule has 2 aromatic rings. The zero-order chi connectivity index (χ0) is 13.1. The number of nitrogens with one attached hydrogen (secondary N) is 1. The summed E-state index contributed by atoms with van der Waals surface area (Å²) in [5, 5.41) is 3.50. The zero-order valence-electron chi connectivity index (χ0n) is 11.0. The van der Waals surface area contributed by atoms with Gasteiger partial charge in [-0.15, -0.1) is 0 Å². The summed E-state index contributed by atoms with van der Waals surface area (Å²) < 4.78 is 1.13. The molecule has 0 saturated heterocycles. The first-order valence-electron chi connectivity index (χ1n) is 6.12. The predicted molar refractivity (Wildman–Crippen MR) is 82.1 cm³/mol. The van der Waals surface area contributed by atoms with E-state index in [0.29, 0.717) is 0 Å². The van der Waals surface area contributed by atoms with E-state index in [4.69, 9.17) is 0 Å². The number of hydrogen-bond donors (Lipinski definition) is 1. The van der Waals surface area contributed by atoms with E-state index in [1.807, 2.05) is 0 Å². The van der Waals surface area contributed by atoms with Crippen LogP contribution in [0.2, 0.25) is 0 Å². The van der Waals surface area contributed by atoms with Crippen LogP contribution in [0.1, 0.15) is 22.3 Å². The molecule has 0 saturated carbocycles. The van der Waals surface area contributed by atoms with Crippen LogP contribution >= 0.6 is 15.9 Å². The molecule has 2 aromatic carbocycles. The van der Waals surface area contributed by atoms with Crippen LogP contribution in [-0.2, 0) is 6.54 Å². The normalized spacial score (nSPS) is 10.4. The van der Waals surface area contributed by atoms with Gasteiger partial charge in [0.15, 0.2) is 0 Å². The Labute approximate surface area is 117 Å². The van der Waals surface area contributed by atoms with E-state index in [1.165, 1.54) is 27.9 Å². The fraction of sp³-hybridized carbons (Fsp3) is 0.250. The molecule has 0 spiro atoms. The van der Waals surface area contributed by atoms with Gasteiger partial charge < -0.3 is 5.32 Å². The topological polar surface area (TPSA) is 12.0 Å². The van der Waals surface area contributed by atoms with Gasteiger partial charge in [0.2, 0.25) is 0 Å². The molecular formula is C16H18BrN. The van der Waals surface area contributed by atoms with Gasteiger partial charge in [-0.2, -0.15) is 0 Å². The Morgan fingerprint density at radius 2 is 1.61 bits per heavy atom. The van der Waals surface area contributed by atoms with Crippen LogP contribution in [0.25, 0.3) is 0 Å². The minimum Gasteiger partial charge on any atom is -0.380 e. The minimum atomic E-state index is 0.850. The number of hydrogen-bond acceptors (Lipinski definition) is 1. The number of halogens is 1. The highest BCUT2D eigenvalue weighted by atomic mass is 79.9. The number of rotatable bonds is 3. The minimum absolute atomic E-state index is 0.850. The second-order valence-electron chi connectivity index (χ2n) is 4.78. The summed E-state index contributed by atoms with van der Waals surface area (Å²) in [4.78, 5) is 0. The third kappa shape index (κ3) is 3.14. The highest BCUT2D eigenvalue weighted by Crippen LogP contribution is 2.28. The zero-order valence-corrected chi connectivity index (χ0v) is 12.6. The lowest BCUT2D eigenvalue weighted by atomic mass is 10.1. The number of benzene rings is 2. The van der Waals surface area contributed by atoms with Gasteiger partial charge in [0.05, 0.1) is 5.69 Å². The van der Waals surface area contributed by atoms with Gasteiger partial charge in [-0.05, 0) is 59.5 Å². The highest BCUT2D eigenvalue weighted by Gasteiger charge is 2.04. The summed E-state index contributed by atoms with van der Waals surface area (Å²) >= 11 is 3.62. The maximum atomic E-state index is 3.62. The van der Waals surface area contributed by atoms with Crippen molar-refractivity contribution in [3.8, 4) is 0 Å². The maximum Gasteiger partial charge on any atom is 0.0517 e. The van der Waals surface area contributed by atoms with Crippen LogP contribution in [0.4, 0.5) is 5.69 Å². The van der Waals surface area contributed by atoms with Crippen molar-refractivity contribution in [1.82, 2.24) is 0 Å². The third-order valence-electron chi connectivity index (χ3n) is 3.02. The summed E-state index contributed by atoms with van der Waals surface area (Å²) in [7, 11) is 0. The average molecular weight is 304 g/mol. The first kappa shape index (κ1) is 13.2. The quantitative estimate of drug-likeness (QED) is 0.842. The van der Waals surface area contributed by atoms with Gasteiger partial charge in [0.1, 0.15) is 0 Å². The molecule has 0 aliphatic carbocycles. The summed E-state index contributed by atoms with van der Waals surface area (Å²) in [6.07, 6.45) is 0. The first-order valence-corrected chi connectivity index (χ1v) is 6.92. The molecule has 1 N–H and O–H groups in total. The number of anilines is 1. The van der Waals surface area contributed by atoms with Crippen molar-refractivity contribution >= 4 is 21.6 Å². The highest BCUT2D eigenvalue weighted by molar-refractivity contribution is 9.10. The second kappa shape index (κ2) is 5.57. The molecule has 0 atom stereocenters. The van der Waals surface area contributed by atoms with Crippen molar-refractivity contribution in [2.75, 3.05) is 5.32 Å². The van der Waals surface area contributed by atoms with E-state index < -0.39 is 0 Å². The summed E-state index contributed by atoms with van der Waals surface area (Å²) in [6, 6.07) is 13.0. The molecule has 0 heterocycles. The third-order valence-corrected chi connectivity index (χ3v) is 3.65. The molecule has 18 heavy (non-hydrogen) atoms. The smallest absolute Gasteiger partial charge is 0.0517 e. The summed E-state index contributed by atoms with van der Waals surface area (Å²) in [5.41, 5.74) is 6.33. The van der Waals surface area contributed by atoms with Gasteiger partial charge in [0.25, 0.3) is 0 Å². The Balaban J connectivity index is 2.13. The second-order valence-corrected chi connectivity index (χ2v) is 5.63. The molecule has 0 amide bonds. The van der Waals surface area contributed by atoms with E-state index in [0.717, 1.165) is 11.0 Å². The van der Waals surface area contributed by atoms with Crippen LogP contribution in [0.15, 0.2) is 40.9 Å². The molecule has 0 aliphatic rings. The molecule has 1 nitrogen and oxygen atoms in total. The van der Waals surface area contributed by atoms with Crippen LogP contribution < -0.4 is 5.32 Å². The lowest BCUT2D eigenvalue weighted by molar-refractivity contribution is 1.13. The van der Waals surface area contributed by atoms with Crippen LogP contribution in [0.3, 0.4) is 0 Å². The van der Waals surface area contributed by atoms with E-state index in [9.17, 15) is 0 Å². The maximum absolute atomic E-state index is 3.62. The molecule has 0 aromatic heterocycles. The Bertz CT molecular complexity index is 521. The Hall–Kier alpha value is -1.28. The van der Waals surface area contributed by atoms with Crippen molar-refractivity contribution in [3.05, 3.63) is 63.1 Å². The molecule has 0 bridgehead atoms. The van der Waals surface area contributed by atoms with E-state index in [-0.39, 0.29) is 0 Å². The average Bonchev–Trinajstić information content (AvgIpc) is 2.30. The van der Waals surface area contributed by atoms with Gasteiger partial charge >= 0.3 is 0 Å². The van der Waals surface area contributed by atoms with Crippen molar-refractivity contribution < 1.29 is 0 Å². The van der Waals surface area contributed by atoms with Gasteiger partial charge in [-0.25, -0.2) is 0 Å².